The van der Waals surface area contributed by atoms with Gasteiger partial charge in [0.05, 0.1) is 6.61 Å². The zero-order valence-corrected chi connectivity index (χ0v) is 14.1. The highest BCUT2D eigenvalue weighted by Crippen LogP contribution is 2.37. The normalized spacial score (nSPS) is 12.5. The first-order valence-electron chi connectivity index (χ1n) is 6.37. The van der Waals surface area contributed by atoms with Crippen molar-refractivity contribution in [1.29, 1.82) is 5.26 Å². The molecule has 0 aliphatic carbocycles. The second kappa shape index (κ2) is 5.56. The average molecular weight is 281 g/mol. The van der Waals surface area contributed by atoms with Crippen LogP contribution in [0.2, 0.25) is 18.1 Å². The van der Waals surface area contributed by atoms with E-state index in [0.717, 1.165) is 16.9 Å². The maximum atomic E-state index is 9.05. The molecule has 0 aliphatic heterocycles. The van der Waals surface area contributed by atoms with Gasteiger partial charge in [-0.3, -0.25) is 0 Å². The third kappa shape index (κ3) is 3.44. The van der Waals surface area contributed by atoms with Gasteiger partial charge in [-0.2, -0.15) is 5.26 Å². The summed E-state index contributed by atoms with van der Waals surface area (Å²) >= 11 is 1.57. The van der Waals surface area contributed by atoms with E-state index in [1.165, 1.54) is 4.88 Å². The van der Waals surface area contributed by atoms with Gasteiger partial charge in [-0.25, -0.2) is 0 Å². The standard InChI is InChI=1S/C14H23NOSSi/c1-7-11-8-12(17-13(11)9-15)10-16-18(5,6)14(2,3)4/h8H,7,10H2,1-6H3. The van der Waals surface area contributed by atoms with Gasteiger partial charge < -0.3 is 4.43 Å². The molecule has 1 heterocycles. The fourth-order valence-electron chi connectivity index (χ4n) is 1.38. The van der Waals surface area contributed by atoms with E-state index in [0.29, 0.717) is 6.61 Å². The van der Waals surface area contributed by atoms with Crippen LogP contribution in [-0.2, 0) is 17.5 Å². The van der Waals surface area contributed by atoms with Crippen LogP contribution in [0, 0.1) is 11.3 Å². The molecule has 1 aromatic heterocycles. The highest BCUT2D eigenvalue weighted by atomic mass is 32.1. The van der Waals surface area contributed by atoms with Crippen molar-refractivity contribution in [3.05, 3.63) is 21.4 Å². The molecule has 0 unspecified atom stereocenters. The van der Waals surface area contributed by atoms with Crippen molar-refractivity contribution in [3.8, 4) is 6.07 Å². The van der Waals surface area contributed by atoms with Crippen LogP contribution in [0.25, 0.3) is 0 Å². The zero-order valence-electron chi connectivity index (χ0n) is 12.3. The predicted molar refractivity (Wildman–Crippen MR) is 80.4 cm³/mol. The lowest BCUT2D eigenvalue weighted by atomic mass is 10.2. The summed E-state index contributed by atoms with van der Waals surface area (Å²) in [6.45, 7) is 14.0. The molecule has 0 spiro atoms. The van der Waals surface area contributed by atoms with Crippen LogP contribution in [0.3, 0.4) is 0 Å². The van der Waals surface area contributed by atoms with Gasteiger partial charge in [0.1, 0.15) is 10.9 Å². The van der Waals surface area contributed by atoms with Crippen LogP contribution in [0.1, 0.15) is 43.0 Å². The van der Waals surface area contributed by atoms with Crippen LogP contribution < -0.4 is 0 Å². The fourth-order valence-corrected chi connectivity index (χ4v) is 3.40. The molecular weight excluding hydrogens is 258 g/mol. The molecule has 0 saturated heterocycles. The minimum Gasteiger partial charge on any atom is -0.412 e. The number of hydrogen-bond acceptors (Lipinski definition) is 3. The van der Waals surface area contributed by atoms with E-state index < -0.39 is 8.32 Å². The minimum atomic E-state index is -1.69. The van der Waals surface area contributed by atoms with Crippen LogP contribution in [0.4, 0.5) is 0 Å². The summed E-state index contributed by atoms with van der Waals surface area (Å²) in [5.74, 6) is 0. The lowest BCUT2D eigenvalue weighted by Gasteiger charge is -2.36. The van der Waals surface area contributed by atoms with E-state index >= 15 is 0 Å². The van der Waals surface area contributed by atoms with Crippen molar-refractivity contribution in [2.45, 2.75) is 58.9 Å². The van der Waals surface area contributed by atoms with Gasteiger partial charge in [0.25, 0.3) is 0 Å². The van der Waals surface area contributed by atoms with Crippen molar-refractivity contribution in [3.63, 3.8) is 0 Å². The molecule has 0 aliphatic rings. The van der Waals surface area contributed by atoms with Crippen LogP contribution >= 0.6 is 11.3 Å². The van der Waals surface area contributed by atoms with Gasteiger partial charge >= 0.3 is 0 Å². The molecule has 100 valence electrons. The van der Waals surface area contributed by atoms with Gasteiger partial charge in [0.2, 0.25) is 0 Å². The Morgan fingerprint density at radius 1 is 1.39 bits per heavy atom. The van der Waals surface area contributed by atoms with E-state index in [9.17, 15) is 0 Å². The summed E-state index contributed by atoms with van der Waals surface area (Å²) in [7, 11) is -1.69. The van der Waals surface area contributed by atoms with Crippen molar-refractivity contribution in [2.75, 3.05) is 0 Å². The average Bonchev–Trinajstić information content (AvgIpc) is 2.67. The molecule has 0 N–H and O–H groups in total. The molecule has 0 aromatic carbocycles. The molecule has 1 rings (SSSR count). The number of thiophene rings is 1. The number of aryl methyl sites for hydroxylation is 1. The van der Waals surface area contributed by atoms with Crippen molar-refractivity contribution in [1.82, 2.24) is 0 Å². The molecule has 0 atom stereocenters. The number of rotatable bonds is 4. The van der Waals surface area contributed by atoms with Gasteiger partial charge in [0, 0.05) is 4.88 Å². The second-order valence-corrected chi connectivity index (χ2v) is 12.0. The van der Waals surface area contributed by atoms with Gasteiger partial charge in [-0.1, -0.05) is 27.7 Å². The first kappa shape index (κ1) is 15.4. The molecule has 2 nitrogen and oxygen atoms in total. The number of hydrogen-bond donors (Lipinski definition) is 0. The lowest BCUT2D eigenvalue weighted by Crippen LogP contribution is -2.40. The summed E-state index contributed by atoms with van der Waals surface area (Å²) in [6, 6.07) is 4.39. The molecule has 4 heteroatoms. The molecule has 0 saturated carbocycles. The zero-order chi connectivity index (χ0) is 14.0. The molecule has 0 fully saturated rings. The van der Waals surface area contributed by atoms with E-state index in [1.54, 1.807) is 11.3 Å². The predicted octanol–water partition coefficient (Wildman–Crippen LogP) is 4.70. The van der Waals surface area contributed by atoms with Gasteiger partial charge in [0.15, 0.2) is 8.32 Å². The summed E-state index contributed by atoms with van der Waals surface area (Å²) in [4.78, 5) is 2.01. The van der Waals surface area contributed by atoms with E-state index in [2.05, 4.69) is 52.9 Å². The largest absolute Gasteiger partial charge is 0.412 e. The monoisotopic (exact) mass is 281 g/mol. The van der Waals surface area contributed by atoms with Crippen molar-refractivity contribution in [2.24, 2.45) is 0 Å². The third-order valence-corrected chi connectivity index (χ3v) is 9.26. The van der Waals surface area contributed by atoms with E-state index in [-0.39, 0.29) is 5.04 Å². The molecule has 0 bridgehead atoms. The Bertz CT molecular complexity index is 451. The first-order valence-corrected chi connectivity index (χ1v) is 10.1. The Morgan fingerprint density at radius 3 is 2.39 bits per heavy atom. The number of nitriles is 1. The van der Waals surface area contributed by atoms with Crippen LogP contribution in [-0.4, -0.2) is 8.32 Å². The SMILES string of the molecule is CCc1cc(CO[Si](C)(C)C(C)(C)C)sc1C#N. The van der Waals surface area contributed by atoms with Crippen LogP contribution in [0.15, 0.2) is 6.07 Å². The highest BCUT2D eigenvalue weighted by Gasteiger charge is 2.37. The van der Waals surface area contributed by atoms with Crippen molar-refractivity contribution >= 4 is 19.7 Å². The summed E-state index contributed by atoms with van der Waals surface area (Å²) in [6.07, 6.45) is 0.916. The number of nitrogens with zero attached hydrogens (tertiary/aromatic N) is 1. The Kier molecular flexibility index (Phi) is 4.76. The topological polar surface area (TPSA) is 33.0 Å². The summed E-state index contributed by atoms with van der Waals surface area (Å²) in [5, 5.41) is 9.28. The highest BCUT2D eigenvalue weighted by molar-refractivity contribution is 7.12. The second-order valence-electron chi connectivity index (χ2n) is 6.08. The molecule has 0 radical (unpaired) electrons. The summed E-state index contributed by atoms with van der Waals surface area (Å²) < 4.78 is 6.18. The Hall–Kier alpha value is -0.633. The van der Waals surface area contributed by atoms with Gasteiger partial charge in [-0.05, 0) is 36.2 Å². The minimum absolute atomic E-state index is 0.232. The summed E-state index contributed by atoms with van der Waals surface area (Å²) in [5.41, 5.74) is 1.15. The fraction of sp³-hybridized carbons (Fsp3) is 0.643. The Labute approximate surface area is 116 Å². The molecule has 18 heavy (non-hydrogen) atoms. The Morgan fingerprint density at radius 2 is 2.00 bits per heavy atom. The lowest BCUT2D eigenvalue weighted by molar-refractivity contribution is 0.279. The smallest absolute Gasteiger partial charge is 0.192 e. The van der Waals surface area contributed by atoms with E-state index in [4.69, 9.17) is 9.69 Å². The van der Waals surface area contributed by atoms with Crippen LogP contribution in [0.5, 0.6) is 0 Å². The molecule has 1 aromatic rings. The van der Waals surface area contributed by atoms with Crippen molar-refractivity contribution < 1.29 is 4.43 Å². The molecular formula is C14H23NOSSi. The third-order valence-electron chi connectivity index (χ3n) is 3.72. The maximum absolute atomic E-state index is 9.05. The quantitative estimate of drug-likeness (QED) is 0.749. The molecule has 0 amide bonds. The van der Waals surface area contributed by atoms with Gasteiger partial charge in [-0.15, -0.1) is 11.3 Å². The Balaban J connectivity index is 2.76. The maximum Gasteiger partial charge on any atom is 0.192 e. The first-order chi connectivity index (χ1) is 8.21. The van der Waals surface area contributed by atoms with E-state index in [1.807, 2.05) is 0 Å².